The minimum Gasteiger partial charge on any atom is -0.269 e. The van der Waals surface area contributed by atoms with Crippen LogP contribution in [-0.4, -0.2) is 15.7 Å². The molecule has 0 spiro atoms. The Morgan fingerprint density at radius 1 is 1.10 bits per heavy atom. The zero-order chi connectivity index (χ0) is 13.8. The van der Waals surface area contributed by atoms with Crippen LogP contribution in [0.25, 0.3) is 0 Å². The first-order valence-electron chi connectivity index (χ1n) is 8.41. The number of hydrogen-bond acceptors (Lipinski definition) is 1. The van der Waals surface area contributed by atoms with Gasteiger partial charge in [0.05, 0.1) is 11.7 Å². The van der Waals surface area contributed by atoms with E-state index in [0.29, 0.717) is 11.5 Å². The lowest BCUT2D eigenvalue weighted by Gasteiger charge is -2.35. The summed E-state index contributed by atoms with van der Waals surface area (Å²) in [5, 5.41) is 4.88. The fourth-order valence-electron chi connectivity index (χ4n) is 4.06. The summed E-state index contributed by atoms with van der Waals surface area (Å²) in [5.74, 6) is 0.795. The van der Waals surface area contributed by atoms with Crippen molar-refractivity contribution in [1.29, 1.82) is 0 Å². The average molecular weight is 295 g/mol. The van der Waals surface area contributed by atoms with Crippen LogP contribution in [0.1, 0.15) is 75.9 Å². The molecule has 3 rings (SSSR count). The van der Waals surface area contributed by atoms with Crippen LogP contribution in [-0.2, 0) is 6.42 Å². The van der Waals surface area contributed by atoms with Gasteiger partial charge in [0.1, 0.15) is 0 Å². The summed E-state index contributed by atoms with van der Waals surface area (Å²) in [4.78, 5) is 0. The quantitative estimate of drug-likeness (QED) is 0.705. The standard InChI is InChI=1S/C17H27ClN2/c18-14-17(10-5-2-6-11-17)13-15-9-12-20(19-15)16-7-3-1-4-8-16/h9,12,16H,1-8,10-11,13-14H2. The molecule has 1 aromatic heterocycles. The third kappa shape index (κ3) is 3.21. The van der Waals surface area contributed by atoms with Crippen LogP contribution < -0.4 is 0 Å². The Kier molecular flexibility index (Phi) is 4.70. The van der Waals surface area contributed by atoms with Crippen molar-refractivity contribution >= 4 is 11.6 Å². The van der Waals surface area contributed by atoms with E-state index in [1.165, 1.54) is 69.9 Å². The van der Waals surface area contributed by atoms with Crippen LogP contribution in [0.4, 0.5) is 0 Å². The van der Waals surface area contributed by atoms with E-state index in [0.717, 1.165) is 12.3 Å². The Morgan fingerprint density at radius 3 is 2.50 bits per heavy atom. The fourth-order valence-corrected chi connectivity index (χ4v) is 4.43. The number of hydrogen-bond donors (Lipinski definition) is 0. The third-order valence-electron chi connectivity index (χ3n) is 5.37. The van der Waals surface area contributed by atoms with E-state index < -0.39 is 0 Å². The monoisotopic (exact) mass is 294 g/mol. The molecule has 1 aromatic rings. The van der Waals surface area contributed by atoms with Crippen molar-refractivity contribution in [3.8, 4) is 0 Å². The molecule has 0 N–H and O–H groups in total. The molecule has 2 aliphatic carbocycles. The molecule has 2 saturated carbocycles. The van der Waals surface area contributed by atoms with E-state index >= 15 is 0 Å². The van der Waals surface area contributed by atoms with Crippen molar-refractivity contribution in [2.24, 2.45) is 5.41 Å². The minimum atomic E-state index is 0.325. The summed E-state index contributed by atoms with van der Waals surface area (Å²) in [7, 11) is 0. The van der Waals surface area contributed by atoms with Gasteiger partial charge >= 0.3 is 0 Å². The largest absolute Gasteiger partial charge is 0.269 e. The highest BCUT2D eigenvalue weighted by molar-refractivity contribution is 6.18. The molecule has 0 unspecified atom stereocenters. The minimum absolute atomic E-state index is 0.325. The molecule has 2 aliphatic rings. The molecule has 20 heavy (non-hydrogen) atoms. The van der Waals surface area contributed by atoms with Crippen molar-refractivity contribution in [3.63, 3.8) is 0 Å². The van der Waals surface area contributed by atoms with Gasteiger partial charge in [-0.1, -0.05) is 38.5 Å². The maximum atomic E-state index is 6.31. The molecule has 0 atom stereocenters. The Labute approximate surface area is 127 Å². The van der Waals surface area contributed by atoms with Gasteiger partial charge in [-0.25, -0.2) is 0 Å². The predicted molar refractivity (Wildman–Crippen MR) is 84.3 cm³/mol. The van der Waals surface area contributed by atoms with Crippen molar-refractivity contribution in [3.05, 3.63) is 18.0 Å². The van der Waals surface area contributed by atoms with Crippen LogP contribution in [0.3, 0.4) is 0 Å². The zero-order valence-electron chi connectivity index (χ0n) is 12.5. The molecule has 2 nitrogen and oxygen atoms in total. The second-order valence-corrected chi connectivity index (χ2v) is 7.22. The fraction of sp³-hybridized carbons (Fsp3) is 0.824. The van der Waals surface area contributed by atoms with Crippen molar-refractivity contribution in [1.82, 2.24) is 9.78 Å². The Hall–Kier alpha value is -0.500. The van der Waals surface area contributed by atoms with Crippen LogP contribution in [0.2, 0.25) is 0 Å². The van der Waals surface area contributed by atoms with Gasteiger partial charge in [0, 0.05) is 12.1 Å². The lowest BCUT2D eigenvalue weighted by molar-refractivity contribution is 0.216. The summed E-state index contributed by atoms with van der Waals surface area (Å²) in [6.45, 7) is 0. The van der Waals surface area contributed by atoms with Crippen LogP contribution in [0.5, 0.6) is 0 Å². The molecule has 1 heterocycles. The van der Waals surface area contributed by atoms with Crippen LogP contribution >= 0.6 is 11.6 Å². The molecule has 112 valence electrons. The lowest BCUT2D eigenvalue weighted by Crippen LogP contribution is -2.29. The molecular formula is C17H27ClN2. The number of rotatable bonds is 4. The van der Waals surface area contributed by atoms with E-state index in [1.54, 1.807) is 0 Å². The number of nitrogens with zero attached hydrogens (tertiary/aromatic N) is 2. The summed E-state index contributed by atoms with van der Waals surface area (Å²) in [6, 6.07) is 2.88. The van der Waals surface area contributed by atoms with E-state index in [-0.39, 0.29) is 0 Å². The first-order valence-corrected chi connectivity index (χ1v) is 8.95. The number of halogens is 1. The third-order valence-corrected chi connectivity index (χ3v) is 5.93. The van der Waals surface area contributed by atoms with Gasteiger partial charge in [-0.3, -0.25) is 4.68 Å². The van der Waals surface area contributed by atoms with Crippen LogP contribution in [0, 0.1) is 5.41 Å². The SMILES string of the molecule is ClCC1(Cc2ccn(C3CCCCC3)n2)CCCCC1. The Bertz CT molecular complexity index is 414. The first kappa shape index (κ1) is 14.4. The van der Waals surface area contributed by atoms with Gasteiger partial charge in [0.15, 0.2) is 0 Å². The molecule has 0 saturated heterocycles. The van der Waals surface area contributed by atoms with Crippen molar-refractivity contribution in [2.45, 2.75) is 76.7 Å². The van der Waals surface area contributed by atoms with Gasteiger partial charge in [0.2, 0.25) is 0 Å². The van der Waals surface area contributed by atoms with Gasteiger partial charge in [-0.15, -0.1) is 11.6 Å². The summed E-state index contributed by atoms with van der Waals surface area (Å²) in [5.41, 5.74) is 1.59. The Balaban J connectivity index is 1.66. The lowest BCUT2D eigenvalue weighted by atomic mass is 9.72. The van der Waals surface area contributed by atoms with Crippen molar-refractivity contribution in [2.75, 3.05) is 5.88 Å². The molecule has 0 aliphatic heterocycles. The van der Waals surface area contributed by atoms with E-state index in [2.05, 4.69) is 16.9 Å². The first-order chi connectivity index (χ1) is 9.81. The van der Waals surface area contributed by atoms with Gasteiger partial charge in [0.25, 0.3) is 0 Å². The second kappa shape index (κ2) is 6.51. The average Bonchev–Trinajstić information content (AvgIpc) is 2.97. The molecule has 2 fully saturated rings. The molecule has 0 bridgehead atoms. The van der Waals surface area contributed by atoms with Gasteiger partial charge in [-0.2, -0.15) is 5.10 Å². The second-order valence-electron chi connectivity index (χ2n) is 6.95. The summed E-state index contributed by atoms with van der Waals surface area (Å²) in [6.07, 6.45) is 16.7. The number of alkyl halides is 1. The van der Waals surface area contributed by atoms with Gasteiger partial charge in [-0.05, 0) is 43.6 Å². The smallest absolute Gasteiger partial charge is 0.0630 e. The predicted octanol–water partition coefficient (Wildman–Crippen LogP) is 5.12. The van der Waals surface area contributed by atoms with Crippen LogP contribution in [0.15, 0.2) is 12.3 Å². The normalized spacial score (nSPS) is 23.9. The molecule has 0 amide bonds. The maximum Gasteiger partial charge on any atom is 0.0630 e. The molecular weight excluding hydrogens is 268 g/mol. The highest BCUT2D eigenvalue weighted by atomic mass is 35.5. The summed E-state index contributed by atoms with van der Waals surface area (Å²) >= 11 is 6.31. The van der Waals surface area contributed by atoms with Gasteiger partial charge < -0.3 is 0 Å². The molecule has 3 heteroatoms. The Morgan fingerprint density at radius 2 is 1.80 bits per heavy atom. The highest BCUT2D eigenvalue weighted by Gasteiger charge is 2.32. The highest BCUT2D eigenvalue weighted by Crippen LogP contribution is 2.40. The maximum absolute atomic E-state index is 6.31. The van der Waals surface area contributed by atoms with E-state index in [4.69, 9.17) is 16.7 Å². The van der Waals surface area contributed by atoms with E-state index in [1.807, 2.05) is 0 Å². The molecule has 0 aromatic carbocycles. The zero-order valence-corrected chi connectivity index (χ0v) is 13.2. The number of aromatic nitrogens is 2. The van der Waals surface area contributed by atoms with E-state index in [9.17, 15) is 0 Å². The van der Waals surface area contributed by atoms with Crippen molar-refractivity contribution < 1.29 is 0 Å². The summed E-state index contributed by atoms with van der Waals surface area (Å²) < 4.78 is 2.24. The molecule has 0 radical (unpaired) electrons. The topological polar surface area (TPSA) is 17.8 Å².